The van der Waals surface area contributed by atoms with Gasteiger partial charge in [0.15, 0.2) is 0 Å². The van der Waals surface area contributed by atoms with Gasteiger partial charge in [0.2, 0.25) is 0 Å². The van der Waals surface area contributed by atoms with Crippen LogP contribution in [0.25, 0.3) is 0 Å². The van der Waals surface area contributed by atoms with Crippen molar-refractivity contribution >= 4 is 11.5 Å². The summed E-state index contributed by atoms with van der Waals surface area (Å²) >= 11 is 1.28. The van der Waals surface area contributed by atoms with Gasteiger partial charge in [0.1, 0.15) is 0 Å². The minimum atomic E-state index is 0. The van der Waals surface area contributed by atoms with E-state index in [1.807, 2.05) is 0 Å². The van der Waals surface area contributed by atoms with Gasteiger partial charge in [0.25, 0.3) is 0 Å². The van der Waals surface area contributed by atoms with Gasteiger partial charge >= 0.3 is 0 Å². The molecule has 0 spiro atoms. The number of aromatic nitrogens is 2. The summed E-state index contributed by atoms with van der Waals surface area (Å²) in [4.78, 5) is 0. The van der Waals surface area contributed by atoms with E-state index in [-0.39, 0.29) is 25.8 Å². The molecule has 0 bridgehead atoms. The quantitative estimate of drug-likeness (QED) is 0.677. The van der Waals surface area contributed by atoms with Crippen molar-refractivity contribution in [3.63, 3.8) is 0 Å². The van der Waals surface area contributed by atoms with Crippen molar-refractivity contribution in [1.82, 2.24) is 9.59 Å². The Morgan fingerprint density at radius 3 is 2.20 bits per heavy atom. The van der Waals surface area contributed by atoms with Crippen LogP contribution >= 0.6 is 11.5 Å². The number of hydrogen-bond acceptors (Lipinski definition) is 3. The third-order valence-corrected chi connectivity index (χ3v) is 1.48. The molecule has 0 atom stereocenters. The Morgan fingerprint density at radius 1 is 1.40 bits per heavy atom. The van der Waals surface area contributed by atoms with Gasteiger partial charge in [-0.1, -0.05) is 26.5 Å². The second-order valence-corrected chi connectivity index (χ2v) is 3.52. The normalized spacial score (nSPS) is 10.7. The number of rotatable bonds is 0. The number of hydrogen-bond donors (Lipinski definition) is 0. The summed E-state index contributed by atoms with van der Waals surface area (Å²) in [5.74, 6) is 0. The van der Waals surface area contributed by atoms with Crippen LogP contribution in [0.1, 0.15) is 26.5 Å². The van der Waals surface area contributed by atoms with E-state index in [0.29, 0.717) is 0 Å². The van der Waals surface area contributed by atoms with Crippen LogP contribution in [0.5, 0.6) is 0 Å². The van der Waals surface area contributed by atoms with Gasteiger partial charge in [0.05, 0.1) is 0 Å². The molecule has 1 radical (unpaired) electrons. The molecule has 2 nitrogen and oxygen atoms in total. The van der Waals surface area contributed by atoms with E-state index in [9.17, 15) is 0 Å². The molecule has 4 heteroatoms. The van der Waals surface area contributed by atoms with E-state index in [4.69, 9.17) is 0 Å². The average Bonchev–Trinajstić information content (AvgIpc) is 2.08. The molecule has 1 aromatic heterocycles. The van der Waals surface area contributed by atoms with Gasteiger partial charge < -0.3 is 5.38 Å². The van der Waals surface area contributed by atoms with E-state index in [0.717, 1.165) is 5.69 Å². The molecule has 0 aromatic carbocycles. The molecule has 0 aliphatic carbocycles. The molecule has 1 heterocycles. The van der Waals surface area contributed by atoms with Crippen molar-refractivity contribution < 1.29 is 20.4 Å². The molecular formula is C6H9N2ReS-. The fourth-order valence-corrected chi connectivity index (χ4v) is 1.05. The molecule has 0 amide bonds. The Bertz CT molecular complexity index is 178. The molecule has 1 rings (SSSR count). The third kappa shape index (κ3) is 2.45. The van der Waals surface area contributed by atoms with Crippen LogP contribution in [0.2, 0.25) is 0 Å². The molecule has 0 saturated heterocycles. The first-order valence-electron chi connectivity index (χ1n) is 2.81. The second-order valence-electron chi connectivity index (χ2n) is 2.97. The second kappa shape index (κ2) is 3.57. The van der Waals surface area contributed by atoms with Gasteiger partial charge in [-0.25, -0.2) is 11.5 Å². The Labute approximate surface area is 78.9 Å². The average molecular weight is 327 g/mol. The summed E-state index contributed by atoms with van der Waals surface area (Å²) in [6, 6.07) is 0. The zero-order chi connectivity index (χ0) is 6.91. The van der Waals surface area contributed by atoms with E-state index in [1.54, 1.807) is 0 Å². The zero-order valence-corrected chi connectivity index (χ0v) is 9.71. The molecule has 0 saturated carbocycles. The molecular weight excluding hydrogens is 318 g/mol. The first kappa shape index (κ1) is 10.2. The molecule has 0 fully saturated rings. The molecule has 0 aliphatic rings. The predicted molar refractivity (Wildman–Crippen MR) is 37.4 cm³/mol. The minimum Gasteiger partial charge on any atom is -0.362 e. The molecule has 0 N–H and O–H groups in total. The van der Waals surface area contributed by atoms with E-state index < -0.39 is 0 Å². The Balaban J connectivity index is 0.000000810. The van der Waals surface area contributed by atoms with Crippen molar-refractivity contribution in [3.8, 4) is 0 Å². The Kier molecular flexibility index (Phi) is 3.65. The van der Waals surface area contributed by atoms with Crippen LogP contribution < -0.4 is 0 Å². The number of nitrogens with zero attached hydrogens (tertiary/aromatic N) is 2. The van der Waals surface area contributed by atoms with Gasteiger partial charge in [-0.3, -0.25) is 0 Å². The molecule has 57 valence electrons. The van der Waals surface area contributed by atoms with Crippen LogP contribution in [0.15, 0.2) is 0 Å². The predicted octanol–water partition coefficient (Wildman–Crippen LogP) is 1.63. The van der Waals surface area contributed by atoms with Crippen molar-refractivity contribution in [2.24, 2.45) is 0 Å². The molecule has 10 heavy (non-hydrogen) atoms. The van der Waals surface area contributed by atoms with Crippen LogP contribution in [0, 0.1) is 5.38 Å². The maximum Gasteiger partial charge on any atom is 0 e. The monoisotopic (exact) mass is 328 g/mol. The smallest absolute Gasteiger partial charge is 0 e. The molecule has 1 aromatic rings. The van der Waals surface area contributed by atoms with Gasteiger partial charge in [-0.05, 0) is 5.41 Å². The first-order chi connectivity index (χ1) is 4.11. The van der Waals surface area contributed by atoms with Crippen molar-refractivity contribution in [3.05, 3.63) is 11.1 Å². The van der Waals surface area contributed by atoms with Crippen molar-refractivity contribution in [2.75, 3.05) is 0 Å². The Morgan fingerprint density at radius 2 is 2.00 bits per heavy atom. The first-order valence-corrected chi connectivity index (χ1v) is 3.58. The summed E-state index contributed by atoms with van der Waals surface area (Å²) in [7, 11) is 0. The van der Waals surface area contributed by atoms with Crippen molar-refractivity contribution in [1.29, 1.82) is 0 Å². The van der Waals surface area contributed by atoms with Gasteiger partial charge in [-0.2, -0.15) is 5.10 Å². The minimum absolute atomic E-state index is 0. The topological polar surface area (TPSA) is 25.8 Å². The summed E-state index contributed by atoms with van der Waals surface area (Å²) in [5.41, 5.74) is 1.06. The molecule has 0 unspecified atom stereocenters. The summed E-state index contributed by atoms with van der Waals surface area (Å²) in [6.07, 6.45) is 0. The Hall–Kier alpha value is 0.222. The van der Waals surface area contributed by atoms with E-state index in [2.05, 4.69) is 35.7 Å². The summed E-state index contributed by atoms with van der Waals surface area (Å²) < 4.78 is 3.72. The van der Waals surface area contributed by atoms with E-state index in [1.165, 1.54) is 11.5 Å². The SMILES string of the molecule is CC(C)(C)c1[c-]snn1.[Re]. The van der Waals surface area contributed by atoms with Gasteiger partial charge in [-0.15, -0.1) is 4.49 Å². The van der Waals surface area contributed by atoms with Crippen molar-refractivity contribution in [2.45, 2.75) is 26.2 Å². The largest absolute Gasteiger partial charge is 0.362 e. The zero-order valence-electron chi connectivity index (χ0n) is 6.18. The fraction of sp³-hybridized carbons (Fsp3) is 0.667. The summed E-state index contributed by atoms with van der Waals surface area (Å²) in [5, 5.41) is 6.90. The van der Waals surface area contributed by atoms with Crippen LogP contribution in [0.3, 0.4) is 0 Å². The molecule has 0 aliphatic heterocycles. The van der Waals surface area contributed by atoms with E-state index >= 15 is 0 Å². The van der Waals surface area contributed by atoms with Crippen LogP contribution in [-0.2, 0) is 25.8 Å². The maximum atomic E-state index is 3.90. The van der Waals surface area contributed by atoms with Crippen LogP contribution in [-0.4, -0.2) is 9.59 Å². The third-order valence-electron chi connectivity index (χ3n) is 1.03. The summed E-state index contributed by atoms with van der Waals surface area (Å²) in [6.45, 7) is 6.29. The standard InChI is InChI=1S/C6H9N2S.Re/c1-6(2,3)5-4-9-8-7-5;/h1-3H3;/q-1;. The fourth-order valence-electron chi connectivity index (χ4n) is 0.448. The van der Waals surface area contributed by atoms with Gasteiger partial charge in [0, 0.05) is 20.4 Å². The maximum absolute atomic E-state index is 3.90. The van der Waals surface area contributed by atoms with Crippen LogP contribution in [0.4, 0.5) is 0 Å².